The summed E-state index contributed by atoms with van der Waals surface area (Å²) in [6.45, 7) is 16.6. The van der Waals surface area contributed by atoms with E-state index in [0.29, 0.717) is 42.6 Å². The van der Waals surface area contributed by atoms with E-state index >= 15 is 0 Å². The Morgan fingerprint density at radius 3 is 1.42 bits per heavy atom. The van der Waals surface area contributed by atoms with Gasteiger partial charge in [0.05, 0.1) is 48.4 Å². The number of carboxylic acids is 1. The predicted molar refractivity (Wildman–Crippen MR) is 217 cm³/mol. The van der Waals surface area contributed by atoms with Crippen molar-refractivity contribution in [3.63, 3.8) is 0 Å². The van der Waals surface area contributed by atoms with Crippen LogP contribution in [0.2, 0.25) is 0 Å². The SMILES string of the molecule is CCC(CC)c1nnc(N)s1.CCOc1cc(C(=O)Nc2nnc(C(CC)CC)s2)c([N+](=O)[O-])cc1OCC.CCOc1cc(C(=O)O)c([N+](=O)[O-])cc1OCC. The summed E-state index contributed by atoms with van der Waals surface area (Å²) < 4.78 is 21.3. The van der Waals surface area contributed by atoms with Crippen LogP contribution in [0.1, 0.15) is 124 Å². The number of hydrogen-bond donors (Lipinski definition) is 3. The zero-order chi connectivity index (χ0) is 42.7. The van der Waals surface area contributed by atoms with Crippen LogP contribution in [0, 0.1) is 20.2 Å². The zero-order valence-electron chi connectivity index (χ0n) is 33.2. The van der Waals surface area contributed by atoms with Gasteiger partial charge in [-0.2, -0.15) is 0 Å². The Morgan fingerprint density at radius 1 is 0.667 bits per heavy atom. The van der Waals surface area contributed by atoms with Crippen LogP contribution in [-0.2, 0) is 0 Å². The molecule has 312 valence electrons. The first-order valence-electron chi connectivity index (χ1n) is 18.4. The van der Waals surface area contributed by atoms with Gasteiger partial charge in [-0.1, -0.05) is 50.4 Å². The summed E-state index contributed by atoms with van der Waals surface area (Å²) in [5.41, 5.74) is 4.03. The van der Waals surface area contributed by atoms with Crippen molar-refractivity contribution in [2.75, 3.05) is 37.5 Å². The lowest BCUT2D eigenvalue weighted by Gasteiger charge is -2.12. The summed E-state index contributed by atoms with van der Waals surface area (Å²) in [6.07, 6.45) is 4.07. The van der Waals surface area contributed by atoms with Gasteiger partial charge in [0.25, 0.3) is 17.3 Å². The molecule has 0 radical (unpaired) electrons. The minimum absolute atomic E-state index is 0.129. The largest absolute Gasteiger partial charge is 0.490 e. The van der Waals surface area contributed by atoms with Gasteiger partial charge in [0.15, 0.2) is 23.0 Å². The van der Waals surface area contributed by atoms with Crippen LogP contribution in [0.25, 0.3) is 0 Å². The summed E-state index contributed by atoms with van der Waals surface area (Å²) in [5.74, 6) is -0.376. The number of nitro benzene ring substituents is 2. The minimum atomic E-state index is -1.38. The summed E-state index contributed by atoms with van der Waals surface area (Å²) >= 11 is 2.77. The van der Waals surface area contributed by atoms with E-state index in [1.165, 1.54) is 34.8 Å². The average Bonchev–Trinajstić information content (AvgIpc) is 3.83. The number of nitrogens with zero attached hydrogens (tertiary/aromatic N) is 6. The molecule has 4 N–H and O–H groups in total. The van der Waals surface area contributed by atoms with Gasteiger partial charge in [-0.15, -0.1) is 20.4 Å². The molecule has 0 spiro atoms. The number of aromatic carboxylic acids is 1. The van der Waals surface area contributed by atoms with Crippen molar-refractivity contribution in [3.8, 4) is 23.0 Å². The second-order valence-corrected chi connectivity index (χ2v) is 13.6. The molecule has 21 heteroatoms. The summed E-state index contributed by atoms with van der Waals surface area (Å²) in [4.78, 5) is 44.6. The first-order valence-corrected chi connectivity index (χ1v) is 20.0. The molecule has 4 aromatic rings. The van der Waals surface area contributed by atoms with E-state index in [9.17, 15) is 29.8 Å². The van der Waals surface area contributed by atoms with Gasteiger partial charge in [-0.3, -0.25) is 30.3 Å². The van der Waals surface area contributed by atoms with Crippen molar-refractivity contribution in [1.82, 2.24) is 20.4 Å². The number of carbonyl (C=O) groups excluding carboxylic acids is 1. The number of carbonyl (C=O) groups is 2. The molecule has 1 amide bonds. The molecule has 0 aliphatic carbocycles. The lowest BCUT2D eigenvalue weighted by molar-refractivity contribution is -0.385. The van der Waals surface area contributed by atoms with Crippen molar-refractivity contribution in [1.29, 1.82) is 0 Å². The molecule has 4 rings (SSSR count). The first-order chi connectivity index (χ1) is 27.2. The highest BCUT2D eigenvalue weighted by molar-refractivity contribution is 7.15. The highest BCUT2D eigenvalue weighted by atomic mass is 32.1. The Morgan fingerprint density at radius 2 is 1.05 bits per heavy atom. The Bertz CT molecular complexity index is 1890. The molecule has 0 bridgehead atoms. The summed E-state index contributed by atoms with van der Waals surface area (Å²) in [5, 5.41) is 52.5. The van der Waals surface area contributed by atoms with Gasteiger partial charge < -0.3 is 29.8 Å². The maximum absolute atomic E-state index is 12.7. The van der Waals surface area contributed by atoms with E-state index in [4.69, 9.17) is 29.8 Å². The normalized spacial score (nSPS) is 10.5. The Kier molecular flexibility index (Phi) is 20.0. The highest BCUT2D eigenvalue weighted by Crippen LogP contribution is 2.37. The molecule has 0 saturated heterocycles. The topological polar surface area (TPSA) is 267 Å². The monoisotopic (exact) mass is 834 g/mol. The smallest absolute Gasteiger partial charge is 0.342 e. The lowest BCUT2D eigenvalue weighted by Crippen LogP contribution is -2.14. The third-order valence-corrected chi connectivity index (χ3v) is 9.90. The molecule has 0 fully saturated rings. The fourth-order valence-corrected chi connectivity index (χ4v) is 7.01. The lowest BCUT2D eigenvalue weighted by atomic mass is 10.1. The van der Waals surface area contributed by atoms with E-state index < -0.39 is 33.0 Å². The zero-order valence-corrected chi connectivity index (χ0v) is 34.9. The summed E-state index contributed by atoms with van der Waals surface area (Å²) in [7, 11) is 0. The molecule has 2 aromatic carbocycles. The number of amides is 1. The molecule has 0 unspecified atom stereocenters. The van der Waals surface area contributed by atoms with E-state index in [0.717, 1.165) is 47.8 Å². The second kappa shape index (κ2) is 24.0. The average molecular weight is 835 g/mol. The third-order valence-electron chi connectivity index (χ3n) is 7.98. The van der Waals surface area contributed by atoms with Gasteiger partial charge >= 0.3 is 5.97 Å². The first kappa shape index (κ1) is 47.5. The van der Waals surface area contributed by atoms with E-state index in [-0.39, 0.29) is 40.2 Å². The van der Waals surface area contributed by atoms with Crippen LogP contribution in [0.4, 0.5) is 21.6 Å². The number of aromatic nitrogens is 4. The van der Waals surface area contributed by atoms with Crippen LogP contribution >= 0.6 is 22.7 Å². The standard InChI is InChI=1S/C18H24N4O5S.C11H13NO6.C7H13N3S/c1-5-11(6-2)17-20-21-18(28-17)19-16(23)12-9-14(26-7-3)15(27-8-4)10-13(12)22(24)25;1-3-17-9-5-7(11(13)14)8(12(15)16)6-10(9)18-4-2;1-3-5(4-2)6-9-10-7(8)11-6/h9-11H,5-8H2,1-4H3,(H,19,21,23);5-6H,3-4H2,1-2H3,(H,13,14);5H,3-4H2,1-2H3,(H2,8,10). The molecular weight excluding hydrogens is 785 g/mol. The fourth-order valence-electron chi connectivity index (χ4n) is 5.13. The van der Waals surface area contributed by atoms with Crippen LogP contribution in [0.5, 0.6) is 23.0 Å². The number of hydrogen-bond acceptors (Lipinski definition) is 17. The van der Waals surface area contributed by atoms with Gasteiger partial charge in [0.1, 0.15) is 21.1 Å². The Hall–Kier alpha value is -5.70. The number of nitrogen functional groups attached to an aromatic ring is 1. The number of nitro groups is 2. The number of ether oxygens (including phenoxy) is 4. The number of nitrogens with two attached hydrogens (primary N) is 1. The van der Waals surface area contributed by atoms with Crippen molar-refractivity contribution in [2.45, 2.75) is 92.9 Å². The van der Waals surface area contributed by atoms with Crippen molar-refractivity contribution in [3.05, 3.63) is 65.6 Å². The number of benzene rings is 2. The molecule has 19 nitrogen and oxygen atoms in total. The number of anilines is 2. The maximum atomic E-state index is 12.7. The minimum Gasteiger partial charge on any atom is -0.490 e. The van der Waals surface area contributed by atoms with Crippen LogP contribution in [-0.4, -0.2) is 73.7 Å². The van der Waals surface area contributed by atoms with Crippen molar-refractivity contribution in [2.24, 2.45) is 0 Å². The molecular formula is C36H50N8O11S2. The van der Waals surface area contributed by atoms with E-state index in [1.807, 2.05) is 0 Å². The van der Waals surface area contributed by atoms with E-state index in [1.54, 1.807) is 27.7 Å². The number of nitrogens with one attached hydrogen (secondary N) is 1. The van der Waals surface area contributed by atoms with Crippen molar-refractivity contribution >= 4 is 56.2 Å². The van der Waals surface area contributed by atoms with Crippen molar-refractivity contribution < 1.29 is 43.5 Å². The molecule has 2 aromatic heterocycles. The molecule has 57 heavy (non-hydrogen) atoms. The quantitative estimate of drug-likeness (QED) is 0.0590. The molecule has 2 heterocycles. The van der Waals surface area contributed by atoms with Gasteiger partial charge in [-0.05, 0) is 53.4 Å². The van der Waals surface area contributed by atoms with Gasteiger partial charge in [0, 0.05) is 24.0 Å². The van der Waals surface area contributed by atoms with Gasteiger partial charge in [-0.25, -0.2) is 4.79 Å². The van der Waals surface area contributed by atoms with Crippen LogP contribution in [0.15, 0.2) is 24.3 Å². The highest BCUT2D eigenvalue weighted by Gasteiger charge is 2.27. The van der Waals surface area contributed by atoms with Crippen LogP contribution in [0.3, 0.4) is 0 Å². The Labute approximate surface area is 338 Å². The number of rotatable bonds is 19. The molecule has 0 saturated carbocycles. The molecule has 0 aliphatic heterocycles. The fraction of sp³-hybridized carbons (Fsp3) is 0.500. The molecule has 0 atom stereocenters. The van der Waals surface area contributed by atoms with Crippen LogP contribution < -0.4 is 30.0 Å². The van der Waals surface area contributed by atoms with Gasteiger partial charge in [0.2, 0.25) is 10.3 Å². The van der Waals surface area contributed by atoms with E-state index in [2.05, 4.69) is 53.4 Å². The molecule has 0 aliphatic rings. The predicted octanol–water partition coefficient (Wildman–Crippen LogP) is 8.51. The number of carboxylic acid groups (broad SMARTS) is 1. The summed E-state index contributed by atoms with van der Waals surface area (Å²) in [6, 6.07) is 4.71. The second-order valence-electron chi connectivity index (χ2n) is 11.6. The third kappa shape index (κ3) is 13.8. The maximum Gasteiger partial charge on any atom is 0.342 e. The Balaban J connectivity index is 0.000000329.